The first-order valence-electron chi connectivity index (χ1n) is 3.11. The van der Waals surface area contributed by atoms with Crippen LogP contribution in [0.1, 0.15) is 6.42 Å². The molecule has 52 valence electrons. The molecule has 0 aliphatic carbocycles. The predicted octanol–water partition coefficient (Wildman–Crippen LogP) is 0.313. The first-order chi connectivity index (χ1) is 3.86. The summed E-state index contributed by atoms with van der Waals surface area (Å²) in [7, 11) is 0. The predicted molar refractivity (Wildman–Crippen MR) is 36.8 cm³/mol. The number of fused-ring (bicyclic) bond motifs is 2. The van der Waals surface area contributed by atoms with E-state index in [-0.39, 0.29) is 12.4 Å². The standard InChI is InChI=1S/C6H9NO.ClH/c8-6-4-7-2-1-5(6)3-7;/h5H,1-4H2;1H. The molecule has 2 atom stereocenters. The molecule has 2 aliphatic heterocycles. The van der Waals surface area contributed by atoms with Gasteiger partial charge in [0.2, 0.25) is 0 Å². The number of nitrogens with zero attached hydrogens (tertiary/aromatic N) is 1. The molecule has 2 aliphatic rings. The fourth-order valence-corrected chi connectivity index (χ4v) is 1.59. The van der Waals surface area contributed by atoms with Crippen molar-refractivity contribution in [1.29, 1.82) is 0 Å². The Balaban J connectivity index is 0.000000405. The zero-order valence-electron chi connectivity index (χ0n) is 5.17. The van der Waals surface area contributed by atoms with Crippen LogP contribution in [0, 0.1) is 5.92 Å². The van der Waals surface area contributed by atoms with Gasteiger partial charge in [0.05, 0.1) is 6.54 Å². The van der Waals surface area contributed by atoms with Crippen LogP contribution >= 0.6 is 12.4 Å². The van der Waals surface area contributed by atoms with Crippen LogP contribution in [0.4, 0.5) is 0 Å². The van der Waals surface area contributed by atoms with Gasteiger partial charge in [0.25, 0.3) is 0 Å². The molecule has 0 aromatic heterocycles. The minimum absolute atomic E-state index is 0. The first-order valence-corrected chi connectivity index (χ1v) is 3.11. The molecule has 0 N–H and O–H groups in total. The minimum Gasteiger partial charge on any atom is -0.298 e. The Kier molecular flexibility index (Phi) is 1.78. The highest BCUT2D eigenvalue weighted by molar-refractivity contribution is 5.86. The molecule has 2 saturated heterocycles. The van der Waals surface area contributed by atoms with Crippen molar-refractivity contribution >= 4 is 18.2 Å². The third-order valence-corrected chi connectivity index (χ3v) is 2.11. The second-order valence-corrected chi connectivity index (χ2v) is 2.69. The van der Waals surface area contributed by atoms with Gasteiger partial charge in [-0.15, -0.1) is 12.4 Å². The van der Waals surface area contributed by atoms with E-state index in [4.69, 9.17) is 0 Å². The van der Waals surface area contributed by atoms with Gasteiger partial charge in [0.1, 0.15) is 0 Å². The van der Waals surface area contributed by atoms with E-state index in [2.05, 4.69) is 4.90 Å². The van der Waals surface area contributed by atoms with Crippen molar-refractivity contribution < 1.29 is 4.79 Å². The fraction of sp³-hybridized carbons (Fsp3) is 0.833. The van der Waals surface area contributed by atoms with E-state index in [1.165, 1.54) is 0 Å². The van der Waals surface area contributed by atoms with E-state index in [9.17, 15) is 4.79 Å². The second kappa shape index (κ2) is 2.27. The highest BCUT2D eigenvalue weighted by Gasteiger charge is 2.35. The molecule has 2 rings (SSSR count). The summed E-state index contributed by atoms with van der Waals surface area (Å²) >= 11 is 0. The van der Waals surface area contributed by atoms with Gasteiger partial charge < -0.3 is 0 Å². The molecular formula is C6H10ClNO. The van der Waals surface area contributed by atoms with Crippen molar-refractivity contribution in [3.63, 3.8) is 0 Å². The zero-order chi connectivity index (χ0) is 5.56. The van der Waals surface area contributed by atoms with Gasteiger partial charge in [-0.25, -0.2) is 0 Å². The van der Waals surface area contributed by atoms with Crippen LogP contribution in [0.2, 0.25) is 0 Å². The molecule has 2 bridgehead atoms. The molecule has 2 nitrogen and oxygen atoms in total. The molecule has 2 fully saturated rings. The van der Waals surface area contributed by atoms with Crippen molar-refractivity contribution in [2.24, 2.45) is 5.92 Å². The fourth-order valence-electron chi connectivity index (χ4n) is 1.59. The number of hydrogen-bond donors (Lipinski definition) is 0. The van der Waals surface area contributed by atoms with Crippen LogP contribution in [-0.2, 0) is 4.79 Å². The topological polar surface area (TPSA) is 20.3 Å². The van der Waals surface area contributed by atoms with Gasteiger partial charge in [-0.05, 0) is 13.0 Å². The lowest BCUT2D eigenvalue weighted by atomic mass is 10.1. The minimum atomic E-state index is 0. The molecule has 0 saturated carbocycles. The summed E-state index contributed by atoms with van der Waals surface area (Å²) in [6.45, 7) is 2.96. The molecule has 0 aromatic carbocycles. The summed E-state index contributed by atoms with van der Waals surface area (Å²) in [4.78, 5) is 13.0. The Morgan fingerprint density at radius 2 is 2.33 bits per heavy atom. The van der Waals surface area contributed by atoms with Gasteiger partial charge in [-0.2, -0.15) is 0 Å². The molecule has 2 unspecified atom stereocenters. The van der Waals surface area contributed by atoms with Gasteiger partial charge in [0.15, 0.2) is 5.78 Å². The van der Waals surface area contributed by atoms with Crippen molar-refractivity contribution in [3.8, 4) is 0 Å². The average Bonchev–Trinajstić information content (AvgIpc) is 2.23. The number of halogens is 1. The smallest absolute Gasteiger partial charge is 0.151 e. The van der Waals surface area contributed by atoms with Crippen LogP contribution in [0.3, 0.4) is 0 Å². The second-order valence-electron chi connectivity index (χ2n) is 2.69. The van der Waals surface area contributed by atoms with E-state index in [0.717, 1.165) is 26.1 Å². The number of carbonyl (C=O) groups is 1. The van der Waals surface area contributed by atoms with Gasteiger partial charge >= 0.3 is 0 Å². The molecule has 0 spiro atoms. The van der Waals surface area contributed by atoms with Crippen molar-refractivity contribution in [3.05, 3.63) is 0 Å². The maximum atomic E-state index is 10.8. The Bertz CT molecular complexity index is 137. The van der Waals surface area contributed by atoms with Gasteiger partial charge in [-0.3, -0.25) is 9.69 Å². The van der Waals surface area contributed by atoms with Crippen LogP contribution in [0.5, 0.6) is 0 Å². The molecule has 0 aromatic rings. The van der Waals surface area contributed by atoms with Crippen molar-refractivity contribution in [2.45, 2.75) is 6.42 Å². The molecule has 0 radical (unpaired) electrons. The average molecular weight is 148 g/mol. The molecule has 0 amide bonds. The van der Waals surface area contributed by atoms with E-state index >= 15 is 0 Å². The lowest BCUT2D eigenvalue weighted by molar-refractivity contribution is -0.120. The van der Waals surface area contributed by atoms with Crippen LogP contribution in [-0.4, -0.2) is 30.3 Å². The van der Waals surface area contributed by atoms with Crippen LogP contribution in [0.15, 0.2) is 0 Å². The third-order valence-electron chi connectivity index (χ3n) is 2.11. The molecular weight excluding hydrogens is 138 g/mol. The number of Topliss-reactive ketones (excluding diaryl/α,β-unsaturated/α-hetero) is 1. The number of hydrogen-bond acceptors (Lipinski definition) is 2. The summed E-state index contributed by atoms with van der Waals surface area (Å²) in [5.74, 6) is 0.895. The maximum Gasteiger partial charge on any atom is 0.151 e. The number of ketones is 1. The number of rotatable bonds is 0. The van der Waals surface area contributed by atoms with Crippen LogP contribution in [0.25, 0.3) is 0 Å². The Morgan fingerprint density at radius 3 is 2.56 bits per heavy atom. The summed E-state index contributed by atoms with van der Waals surface area (Å²) in [5.41, 5.74) is 0. The van der Waals surface area contributed by atoms with E-state index in [0.29, 0.717) is 11.7 Å². The monoisotopic (exact) mass is 147 g/mol. The Labute approximate surface area is 60.6 Å². The van der Waals surface area contributed by atoms with Crippen LogP contribution < -0.4 is 0 Å². The Hall–Kier alpha value is -0.0800. The van der Waals surface area contributed by atoms with Gasteiger partial charge in [0, 0.05) is 12.5 Å². The van der Waals surface area contributed by atoms with E-state index in [1.54, 1.807) is 0 Å². The number of carbonyl (C=O) groups excluding carboxylic acids is 1. The summed E-state index contributed by atoms with van der Waals surface area (Å²) in [5, 5.41) is 0. The maximum absolute atomic E-state index is 10.8. The highest BCUT2D eigenvalue weighted by Crippen LogP contribution is 2.23. The number of piperidine rings is 1. The summed E-state index contributed by atoms with van der Waals surface area (Å²) in [6, 6.07) is 0. The zero-order valence-corrected chi connectivity index (χ0v) is 5.99. The molecule has 9 heavy (non-hydrogen) atoms. The van der Waals surface area contributed by atoms with E-state index < -0.39 is 0 Å². The summed E-state index contributed by atoms with van der Waals surface area (Å²) in [6.07, 6.45) is 1.12. The normalized spacial score (nSPS) is 38.9. The molecule has 2 heterocycles. The lowest BCUT2D eigenvalue weighted by Crippen LogP contribution is -2.22. The lowest BCUT2D eigenvalue weighted by Gasteiger charge is -2.08. The SMILES string of the molecule is Cl.O=C1CN2CCC1C2. The highest BCUT2D eigenvalue weighted by atomic mass is 35.5. The van der Waals surface area contributed by atoms with Gasteiger partial charge in [-0.1, -0.05) is 0 Å². The van der Waals surface area contributed by atoms with Crippen molar-refractivity contribution in [1.82, 2.24) is 4.90 Å². The largest absolute Gasteiger partial charge is 0.298 e. The Morgan fingerprint density at radius 1 is 1.56 bits per heavy atom. The summed E-state index contributed by atoms with van der Waals surface area (Å²) < 4.78 is 0. The first kappa shape index (κ1) is 7.03. The quantitative estimate of drug-likeness (QED) is 0.492. The van der Waals surface area contributed by atoms with Crippen molar-refractivity contribution in [2.75, 3.05) is 19.6 Å². The molecule has 3 heteroatoms. The third kappa shape index (κ3) is 0.970. The van der Waals surface area contributed by atoms with E-state index in [1.807, 2.05) is 0 Å².